The molecular formula is C20H28N2O3. The van der Waals surface area contributed by atoms with Gasteiger partial charge in [-0.05, 0) is 43.4 Å². The van der Waals surface area contributed by atoms with Gasteiger partial charge < -0.3 is 19.7 Å². The zero-order valence-corrected chi connectivity index (χ0v) is 14.8. The lowest BCUT2D eigenvalue weighted by molar-refractivity contribution is 0.185. The van der Waals surface area contributed by atoms with Crippen LogP contribution < -0.4 is 14.8 Å². The van der Waals surface area contributed by atoms with Crippen LogP contribution in [-0.4, -0.2) is 36.7 Å². The first-order valence-electron chi connectivity index (χ1n) is 9.78. The first-order chi connectivity index (χ1) is 12.3. The Morgan fingerprint density at radius 3 is 2.60 bits per heavy atom. The van der Waals surface area contributed by atoms with Gasteiger partial charge in [0.2, 0.25) is 0 Å². The number of carbonyl (C=O) groups excluding carboxylic acids is 1. The third-order valence-corrected chi connectivity index (χ3v) is 5.60. The molecule has 3 aliphatic rings. The number of fused-ring (bicyclic) bond motifs is 1. The average molecular weight is 344 g/mol. The summed E-state index contributed by atoms with van der Waals surface area (Å²) in [4.78, 5) is 14.8. The summed E-state index contributed by atoms with van der Waals surface area (Å²) in [5, 5.41) is 3.26. The van der Waals surface area contributed by atoms with Crippen molar-refractivity contribution in [2.24, 2.45) is 0 Å². The number of nitrogens with zero attached hydrogens (tertiary/aromatic N) is 1. The first-order valence-corrected chi connectivity index (χ1v) is 9.78. The van der Waals surface area contributed by atoms with Crippen molar-refractivity contribution in [3.8, 4) is 11.5 Å². The maximum Gasteiger partial charge on any atom is 0.318 e. The Hall–Kier alpha value is -1.91. The lowest BCUT2D eigenvalue weighted by atomic mass is 9.96. The molecule has 0 unspecified atom stereocenters. The maximum absolute atomic E-state index is 12.8. The number of likely N-dealkylation sites (tertiary alicyclic amines) is 1. The van der Waals surface area contributed by atoms with E-state index in [2.05, 4.69) is 17.4 Å². The smallest absolute Gasteiger partial charge is 0.318 e. The number of urea groups is 1. The van der Waals surface area contributed by atoms with Gasteiger partial charge in [-0.3, -0.25) is 0 Å². The fraction of sp³-hybridized carbons (Fsp3) is 0.650. The van der Waals surface area contributed by atoms with Crippen molar-refractivity contribution in [2.45, 2.75) is 63.5 Å². The van der Waals surface area contributed by atoms with E-state index in [-0.39, 0.29) is 12.1 Å². The van der Waals surface area contributed by atoms with E-state index in [0.717, 1.165) is 55.7 Å². The number of carbonyl (C=O) groups is 1. The van der Waals surface area contributed by atoms with Gasteiger partial charge >= 0.3 is 6.03 Å². The van der Waals surface area contributed by atoms with Crippen molar-refractivity contribution in [1.29, 1.82) is 0 Å². The van der Waals surface area contributed by atoms with Gasteiger partial charge in [0.05, 0.1) is 19.3 Å². The van der Waals surface area contributed by atoms with E-state index in [1.165, 1.54) is 19.3 Å². The normalized spacial score (nSPS) is 24.0. The van der Waals surface area contributed by atoms with Crippen LogP contribution >= 0.6 is 0 Å². The second-order valence-electron chi connectivity index (χ2n) is 7.39. The lowest BCUT2D eigenvalue weighted by Crippen LogP contribution is -2.45. The molecule has 4 rings (SSSR count). The number of ether oxygens (including phenoxy) is 2. The molecule has 25 heavy (non-hydrogen) atoms. The molecule has 1 saturated heterocycles. The molecule has 1 aliphatic carbocycles. The highest BCUT2D eigenvalue weighted by molar-refractivity contribution is 5.75. The summed E-state index contributed by atoms with van der Waals surface area (Å²) in [5.74, 6) is 1.63. The van der Waals surface area contributed by atoms with Crippen LogP contribution in [0.1, 0.15) is 63.0 Å². The summed E-state index contributed by atoms with van der Waals surface area (Å²) in [6.07, 6.45) is 8.98. The standard InChI is InChI=1S/C20H28N2O3/c23-20(21-16-6-2-1-3-7-16)22-11-4-8-17(22)15-9-10-18-19(14-15)25-13-5-12-24-18/h9-10,14,16-17H,1-8,11-13H2,(H,21,23)/t17-/m1/s1. The van der Waals surface area contributed by atoms with Gasteiger partial charge in [-0.1, -0.05) is 25.3 Å². The van der Waals surface area contributed by atoms with Gasteiger partial charge in [0.15, 0.2) is 11.5 Å². The zero-order chi connectivity index (χ0) is 17.1. The minimum atomic E-state index is 0.0986. The van der Waals surface area contributed by atoms with E-state index < -0.39 is 0 Å². The first kappa shape index (κ1) is 16.6. The number of nitrogens with one attached hydrogen (secondary N) is 1. The number of benzene rings is 1. The zero-order valence-electron chi connectivity index (χ0n) is 14.8. The Kier molecular flexibility index (Phi) is 4.99. The summed E-state index contributed by atoms with van der Waals surface area (Å²) in [6, 6.07) is 6.74. The fourth-order valence-electron chi connectivity index (χ4n) is 4.25. The van der Waals surface area contributed by atoms with E-state index in [4.69, 9.17) is 9.47 Å². The van der Waals surface area contributed by atoms with Gasteiger partial charge in [-0.2, -0.15) is 0 Å². The molecule has 5 heteroatoms. The summed E-state index contributed by atoms with van der Waals surface area (Å²) in [5.41, 5.74) is 1.15. The van der Waals surface area contributed by atoms with Crippen molar-refractivity contribution in [3.05, 3.63) is 23.8 Å². The summed E-state index contributed by atoms with van der Waals surface area (Å²) >= 11 is 0. The van der Waals surface area contributed by atoms with Gasteiger partial charge in [-0.15, -0.1) is 0 Å². The summed E-state index contributed by atoms with van der Waals surface area (Å²) < 4.78 is 11.5. The Bertz CT molecular complexity index is 613. The molecular weight excluding hydrogens is 316 g/mol. The minimum absolute atomic E-state index is 0.0986. The van der Waals surface area contributed by atoms with Crippen LogP contribution in [0.5, 0.6) is 11.5 Å². The molecule has 2 aliphatic heterocycles. The fourth-order valence-corrected chi connectivity index (χ4v) is 4.25. The molecule has 1 N–H and O–H groups in total. The highest BCUT2D eigenvalue weighted by atomic mass is 16.5. The topological polar surface area (TPSA) is 50.8 Å². The molecule has 1 aromatic rings. The van der Waals surface area contributed by atoms with Gasteiger partial charge in [-0.25, -0.2) is 4.79 Å². The molecule has 1 aromatic carbocycles. The monoisotopic (exact) mass is 344 g/mol. The van der Waals surface area contributed by atoms with Crippen molar-refractivity contribution < 1.29 is 14.3 Å². The van der Waals surface area contributed by atoms with Crippen LogP contribution in [0.2, 0.25) is 0 Å². The quantitative estimate of drug-likeness (QED) is 0.881. The van der Waals surface area contributed by atoms with Crippen molar-refractivity contribution in [2.75, 3.05) is 19.8 Å². The Labute approximate surface area is 149 Å². The molecule has 1 saturated carbocycles. The van der Waals surface area contributed by atoms with Gasteiger partial charge in [0, 0.05) is 19.0 Å². The third-order valence-electron chi connectivity index (χ3n) is 5.60. The van der Waals surface area contributed by atoms with Crippen LogP contribution in [0.25, 0.3) is 0 Å². The maximum atomic E-state index is 12.8. The molecule has 2 amide bonds. The Morgan fingerprint density at radius 1 is 0.960 bits per heavy atom. The van der Waals surface area contributed by atoms with Crippen molar-refractivity contribution >= 4 is 6.03 Å². The molecule has 2 fully saturated rings. The molecule has 2 heterocycles. The predicted molar refractivity (Wildman–Crippen MR) is 96.1 cm³/mol. The van der Waals surface area contributed by atoms with Crippen LogP contribution in [0, 0.1) is 0 Å². The lowest BCUT2D eigenvalue weighted by Gasteiger charge is -2.30. The minimum Gasteiger partial charge on any atom is -0.490 e. The largest absolute Gasteiger partial charge is 0.490 e. The van der Waals surface area contributed by atoms with E-state index in [0.29, 0.717) is 19.3 Å². The number of rotatable bonds is 2. The molecule has 0 aromatic heterocycles. The number of amides is 2. The predicted octanol–water partition coefficient (Wildman–Crippen LogP) is 4.03. The summed E-state index contributed by atoms with van der Waals surface area (Å²) in [7, 11) is 0. The molecule has 136 valence electrons. The Morgan fingerprint density at radius 2 is 1.76 bits per heavy atom. The second kappa shape index (κ2) is 7.54. The highest BCUT2D eigenvalue weighted by Crippen LogP contribution is 2.38. The molecule has 0 radical (unpaired) electrons. The number of hydrogen-bond acceptors (Lipinski definition) is 3. The third kappa shape index (κ3) is 3.70. The van der Waals surface area contributed by atoms with E-state index >= 15 is 0 Å². The molecule has 1 atom stereocenters. The second-order valence-corrected chi connectivity index (χ2v) is 7.39. The van der Waals surface area contributed by atoms with Crippen LogP contribution in [-0.2, 0) is 0 Å². The Balaban J connectivity index is 1.47. The van der Waals surface area contributed by atoms with E-state index in [1.54, 1.807) is 0 Å². The van der Waals surface area contributed by atoms with Gasteiger partial charge in [0.1, 0.15) is 0 Å². The van der Waals surface area contributed by atoms with Crippen LogP contribution in [0.4, 0.5) is 4.79 Å². The molecule has 0 bridgehead atoms. The molecule has 0 spiro atoms. The van der Waals surface area contributed by atoms with Crippen LogP contribution in [0.15, 0.2) is 18.2 Å². The van der Waals surface area contributed by atoms with Crippen molar-refractivity contribution in [1.82, 2.24) is 10.2 Å². The van der Waals surface area contributed by atoms with E-state index in [9.17, 15) is 4.79 Å². The van der Waals surface area contributed by atoms with Crippen LogP contribution in [0.3, 0.4) is 0 Å². The van der Waals surface area contributed by atoms with Gasteiger partial charge in [0.25, 0.3) is 0 Å². The average Bonchev–Trinajstić information content (AvgIpc) is 3.01. The SMILES string of the molecule is O=C(NC1CCCCC1)N1CCC[C@@H]1c1ccc2c(c1)OCCCO2. The highest BCUT2D eigenvalue weighted by Gasteiger charge is 2.32. The molecule has 5 nitrogen and oxygen atoms in total. The van der Waals surface area contributed by atoms with E-state index in [1.807, 2.05) is 11.0 Å². The van der Waals surface area contributed by atoms with Crippen molar-refractivity contribution in [3.63, 3.8) is 0 Å². The number of hydrogen-bond donors (Lipinski definition) is 1. The summed E-state index contributed by atoms with van der Waals surface area (Å²) in [6.45, 7) is 2.22.